The molecule has 1 N–H and O–H groups in total. The highest BCUT2D eigenvalue weighted by Crippen LogP contribution is 2.21. The molecule has 0 aromatic heterocycles. The van der Waals surface area contributed by atoms with E-state index in [0.717, 1.165) is 30.9 Å². The van der Waals surface area contributed by atoms with Gasteiger partial charge in [0.15, 0.2) is 0 Å². The van der Waals surface area contributed by atoms with Gasteiger partial charge in [0.25, 0.3) is 0 Å². The fourth-order valence-electron chi connectivity index (χ4n) is 3.36. The minimum absolute atomic E-state index is 0.210. The Hall–Kier alpha value is -3.06. The number of hydrogen-bond acceptors (Lipinski definition) is 5. The van der Waals surface area contributed by atoms with E-state index >= 15 is 0 Å². The van der Waals surface area contributed by atoms with Crippen LogP contribution in [0, 0.1) is 0 Å². The van der Waals surface area contributed by atoms with Crippen LogP contribution in [-0.2, 0) is 11.3 Å². The van der Waals surface area contributed by atoms with Gasteiger partial charge in [-0.25, -0.2) is 9.59 Å². The number of rotatable bonds is 6. The largest absolute Gasteiger partial charge is 0.496 e. The Morgan fingerprint density at radius 2 is 1.69 bits per heavy atom. The quantitative estimate of drug-likeness (QED) is 0.758. The number of benzene rings is 2. The molecule has 1 aliphatic rings. The van der Waals surface area contributed by atoms with E-state index in [2.05, 4.69) is 16.3 Å². The predicted octanol–water partition coefficient (Wildman–Crippen LogP) is 3.22. The molecule has 0 aliphatic carbocycles. The number of para-hydroxylation sites is 2. The summed E-state index contributed by atoms with van der Waals surface area (Å²) < 4.78 is 10.5. The number of nitrogens with one attached hydrogen (secondary N) is 1. The normalized spacial score (nSPS) is 14.3. The first-order chi connectivity index (χ1) is 14.1. The molecule has 2 aromatic rings. The molecule has 7 nitrogen and oxygen atoms in total. The van der Waals surface area contributed by atoms with E-state index in [1.54, 1.807) is 43.2 Å². The Morgan fingerprint density at radius 1 is 1.00 bits per heavy atom. The molecule has 0 atom stereocenters. The molecule has 0 unspecified atom stereocenters. The average Bonchev–Trinajstić information content (AvgIpc) is 2.75. The van der Waals surface area contributed by atoms with Crippen molar-refractivity contribution >= 4 is 17.7 Å². The summed E-state index contributed by atoms with van der Waals surface area (Å²) in [5, 5.41) is 2.85. The maximum Gasteiger partial charge on any atom is 0.340 e. The number of amides is 2. The average molecular weight is 397 g/mol. The van der Waals surface area contributed by atoms with Crippen molar-refractivity contribution in [1.82, 2.24) is 9.80 Å². The second-order valence-corrected chi connectivity index (χ2v) is 6.77. The number of esters is 1. The lowest BCUT2D eigenvalue weighted by Crippen LogP contribution is -2.49. The first-order valence-electron chi connectivity index (χ1n) is 9.78. The van der Waals surface area contributed by atoms with Crippen LogP contribution in [0.25, 0.3) is 0 Å². The van der Waals surface area contributed by atoms with Gasteiger partial charge in [-0.05, 0) is 25.1 Å². The number of piperazine rings is 1. The smallest absolute Gasteiger partial charge is 0.340 e. The molecule has 3 rings (SSSR count). The minimum atomic E-state index is -0.440. The molecule has 2 amide bonds. The monoisotopic (exact) mass is 397 g/mol. The summed E-state index contributed by atoms with van der Waals surface area (Å²) in [6, 6.07) is 14.7. The molecule has 154 valence electrons. The van der Waals surface area contributed by atoms with E-state index in [1.165, 1.54) is 0 Å². The van der Waals surface area contributed by atoms with Crippen LogP contribution in [0.4, 0.5) is 10.5 Å². The fourth-order valence-corrected chi connectivity index (χ4v) is 3.36. The van der Waals surface area contributed by atoms with Gasteiger partial charge in [0.1, 0.15) is 5.75 Å². The van der Waals surface area contributed by atoms with Crippen LogP contribution in [0.3, 0.4) is 0 Å². The number of nitrogens with zero attached hydrogens (tertiary/aromatic N) is 2. The molecular weight excluding hydrogens is 370 g/mol. The second-order valence-electron chi connectivity index (χ2n) is 6.77. The standard InChI is InChI=1S/C22H27N3O4/c1-3-29-21(26)18-9-5-6-10-19(18)23-22(27)25-14-12-24(13-15-25)16-17-8-4-7-11-20(17)28-2/h4-11H,3,12-16H2,1-2H3,(H,23,27). The Morgan fingerprint density at radius 3 is 2.41 bits per heavy atom. The third kappa shape index (κ3) is 5.26. The molecule has 1 fully saturated rings. The van der Waals surface area contributed by atoms with E-state index < -0.39 is 5.97 Å². The number of hydrogen-bond donors (Lipinski definition) is 1. The zero-order chi connectivity index (χ0) is 20.6. The Bertz CT molecular complexity index is 847. The van der Waals surface area contributed by atoms with Gasteiger partial charge in [-0.3, -0.25) is 4.90 Å². The minimum Gasteiger partial charge on any atom is -0.496 e. The fraction of sp³-hybridized carbons (Fsp3) is 0.364. The van der Waals surface area contributed by atoms with Crippen LogP contribution in [0.5, 0.6) is 5.75 Å². The zero-order valence-corrected chi connectivity index (χ0v) is 16.9. The predicted molar refractivity (Wildman–Crippen MR) is 111 cm³/mol. The number of anilines is 1. The number of carbonyl (C=O) groups excluding carboxylic acids is 2. The summed E-state index contributed by atoms with van der Waals surface area (Å²) >= 11 is 0. The molecule has 0 bridgehead atoms. The lowest BCUT2D eigenvalue weighted by molar-refractivity contribution is 0.0527. The maximum absolute atomic E-state index is 12.7. The number of carbonyl (C=O) groups is 2. The van der Waals surface area contributed by atoms with Crippen LogP contribution in [0.1, 0.15) is 22.8 Å². The maximum atomic E-state index is 12.7. The molecular formula is C22H27N3O4. The molecule has 1 aliphatic heterocycles. The third-order valence-electron chi connectivity index (χ3n) is 4.91. The molecule has 1 saturated heterocycles. The molecule has 29 heavy (non-hydrogen) atoms. The highest BCUT2D eigenvalue weighted by atomic mass is 16.5. The van der Waals surface area contributed by atoms with Crippen molar-refractivity contribution < 1.29 is 19.1 Å². The van der Waals surface area contributed by atoms with Crippen molar-refractivity contribution in [3.63, 3.8) is 0 Å². The molecule has 2 aromatic carbocycles. The van der Waals surface area contributed by atoms with Crippen molar-refractivity contribution in [2.45, 2.75) is 13.5 Å². The van der Waals surface area contributed by atoms with E-state index in [1.807, 2.05) is 18.2 Å². The van der Waals surface area contributed by atoms with E-state index in [0.29, 0.717) is 24.3 Å². The topological polar surface area (TPSA) is 71.1 Å². The Kier molecular flexibility index (Phi) is 7.08. The number of methoxy groups -OCH3 is 1. The SMILES string of the molecule is CCOC(=O)c1ccccc1NC(=O)N1CCN(Cc2ccccc2OC)CC1. The van der Waals surface area contributed by atoms with E-state index in [9.17, 15) is 9.59 Å². The summed E-state index contributed by atoms with van der Waals surface area (Å²) in [7, 11) is 1.68. The van der Waals surface area contributed by atoms with Crippen molar-refractivity contribution in [3.8, 4) is 5.75 Å². The van der Waals surface area contributed by atoms with Crippen LogP contribution in [-0.4, -0.2) is 61.7 Å². The first-order valence-corrected chi connectivity index (χ1v) is 9.78. The number of ether oxygens (including phenoxy) is 2. The highest BCUT2D eigenvalue weighted by Gasteiger charge is 2.23. The summed E-state index contributed by atoms with van der Waals surface area (Å²) in [4.78, 5) is 28.8. The highest BCUT2D eigenvalue weighted by molar-refractivity contribution is 6.00. The van der Waals surface area contributed by atoms with Crippen LogP contribution < -0.4 is 10.1 Å². The van der Waals surface area contributed by atoms with Gasteiger partial charge in [0.2, 0.25) is 0 Å². The van der Waals surface area contributed by atoms with Gasteiger partial charge < -0.3 is 19.7 Å². The lowest BCUT2D eigenvalue weighted by Gasteiger charge is -2.35. The molecule has 1 heterocycles. The zero-order valence-electron chi connectivity index (χ0n) is 16.9. The molecule has 0 radical (unpaired) electrons. The van der Waals surface area contributed by atoms with E-state index in [-0.39, 0.29) is 12.6 Å². The van der Waals surface area contributed by atoms with Crippen molar-refractivity contribution in [3.05, 3.63) is 59.7 Å². The van der Waals surface area contributed by atoms with E-state index in [4.69, 9.17) is 9.47 Å². The lowest BCUT2D eigenvalue weighted by atomic mass is 10.1. The Labute approximate surface area is 171 Å². The van der Waals surface area contributed by atoms with Crippen molar-refractivity contribution in [2.24, 2.45) is 0 Å². The second kappa shape index (κ2) is 9.93. The summed E-state index contributed by atoms with van der Waals surface area (Å²) in [6.45, 7) is 5.59. The molecule has 0 saturated carbocycles. The number of urea groups is 1. The van der Waals surface area contributed by atoms with Gasteiger partial charge in [0.05, 0.1) is 25.0 Å². The molecule has 7 heteroatoms. The van der Waals surface area contributed by atoms with Crippen molar-refractivity contribution in [1.29, 1.82) is 0 Å². The first kappa shape index (κ1) is 20.7. The van der Waals surface area contributed by atoms with Crippen LogP contribution in [0.15, 0.2) is 48.5 Å². The van der Waals surface area contributed by atoms with Crippen molar-refractivity contribution in [2.75, 3.05) is 45.2 Å². The third-order valence-corrected chi connectivity index (χ3v) is 4.91. The Balaban J connectivity index is 1.56. The van der Waals surface area contributed by atoms with Gasteiger partial charge >= 0.3 is 12.0 Å². The summed E-state index contributed by atoms with van der Waals surface area (Å²) in [6.07, 6.45) is 0. The van der Waals surface area contributed by atoms with Gasteiger partial charge in [-0.1, -0.05) is 30.3 Å². The van der Waals surface area contributed by atoms with Gasteiger partial charge in [-0.15, -0.1) is 0 Å². The summed E-state index contributed by atoms with van der Waals surface area (Å²) in [5.74, 6) is 0.438. The summed E-state index contributed by atoms with van der Waals surface area (Å²) in [5.41, 5.74) is 1.96. The molecule has 0 spiro atoms. The van der Waals surface area contributed by atoms with Crippen LogP contribution >= 0.6 is 0 Å². The van der Waals surface area contributed by atoms with Crippen LogP contribution in [0.2, 0.25) is 0 Å². The van der Waals surface area contributed by atoms with Gasteiger partial charge in [-0.2, -0.15) is 0 Å². The van der Waals surface area contributed by atoms with Gasteiger partial charge in [0, 0.05) is 38.3 Å².